The van der Waals surface area contributed by atoms with Crippen LogP contribution in [0.3, 0.4) is 0 Å². The third-order valence-corrected chi connectivity index (χ3v) is 4.22. The predicted octanol–water partition coefficient (Wildman–Crippen LogP) is 2.54. The molecule has 2 N–H and O–H groups in total. The van der Waals surface area contributed by atoms with E-state index in [1.165, 1.54) is 6.42 Å². The van der Waals surface area contributed by atoms with Crippen molar-refractivity contribution in [3.63, 3.8) is 0 Å². The van der Waals surface area contributed by atoms with Gasteiger partial charge in [0, 0.05) is 11.1 Å². The highest BCUT2D eigenvalue weighted by molar-refractivity contribution is 6.05. The lowest BCUT2D eigenvalue weighted by Crippen LogP contribution is -2.22. The van der Waals surface area contributed by atoms with Crippen molar-refractivity contribution in [2.24, 2.45) is 5.73 Å². The number of benzene rings is 1. The average Bonchev–Trinajstić information content (AvgIpc) is 2.52. The van der Waals surface area contributed by atoms with Gasteiger partial charge in [0.25, 0.3) is 5.91 Å². The number of nitrogens with zero attached hydrogens (tertiary/aromatic N) is 1. The molecule has 120 valence electrons. The van der Waals surface area contributed by atoms with Gasteiger partial charge in [0.15, 0.2) is 6.61 Å². The summed E-state index contributed by atoms with van der Waals surface area (Å²) in [5.41, 5.74) is 8.38. The molecule has 0 atom stereocenters. The molecular weight excluding hydrogens is 292 g/mol. The van der Waals surface area contributed by atoms with Crippen molar-refractivity contribution >= 4 is 22.8 Å². The Morgan fingerprint density at radius 3 is 2.61 bits per heavy atom. The number of nitrogens with two attached hydrogens (primary N) is 1. The third-order valence-electron chi connectivity index (χ3n) is 4.22. The van der Waals surface area contributed by atoms with Gasteiger partial charge in [-0.05, 0) is 37.3 Å². The van der Waals surface area contributed by atoms with Gasteiger partial charge in [0.1, 0.15) is 0 Å². The Bertz CT molecular complexity index is 755. The molecule has 1 aromatic carbocycles. The second-order valence-corrected chi connectivity index (χ2v) is 5.89. The van der Waals surface area contributed by atoms with Crippen LogP contribution in [0.1, 0.15) is 47.3 Å². The highest BCUT2D eigenvalue weighted by Crippen LogP contribution is 2.28. The number of primary amides is 1. The largest absolute Gasteiger partial charge is 0.452 e. The van der Waals surface area contributed by atoms with E-state index >= 15 is 0 Å². The molecule has 5 nitrogen and oxygen atoms in total. The van der Waals surface area contributed by atoms with E-state index in [-0.39, 0.29) is 0 Å². The minimum Gasteiger partial charge on any atom is -0.452 e. The summed E-state index contributed by atoms with van der Waals surface area (Å²) in [6, 6.07) is 7.56. The first-order chi connectivity index (χ1) is 11.2. The molecular formula is C18H20N2O3. The molecule has 0 saturated heterocycles. The highest BCUT2D eigenvalue weighted by Gasteiger charge is 2.22. The fourth-order valence-electron chi connectivity index (χ4n) is 3.17. The van der Waals surface area contributed by atoms with Gasteiger partial charge in [-0.1, -0.05) is 31.0 Å². The summed E-state index contributed by atoms with van der Waals surface area (Å²) >= 11 is 0. The number of rotatable bonds is 3. The number of aryl methyl sites for hydroxylation is 1. The minimum absolute atomic E-state index is 0.399. The van der Waals surface area contributed by atoms with Crippen molar-refractivity contribution < 1.29 is 14.3 Å². The first-order valence-corrected chi connectivity index (χ1v) is 8.02. The average molecular weight is 312 g/mol. The van der Waals surface area contributed by atoms with E-state index in [9.17, 15) is 9.59 Å². The second-order valence-electron chi connectivity index (χ2n) is 5.89. The van der Waals surface area contributed by atoms with Gasteiger partial charge in [-0.2, -0.15) is 0 Å². The summed E-state index contributed by atoms with van der Waals surface area (Å²) in [5, 5.41) is 0.779. The highest BCUT2D eigenvalue weighted by atomic mass is 16.5. The predicted molar refractivity (Wildman–Crippen MR) is 87.1 cm³/mol. The molecule has 1 heterocycles. The summed E-state index contributed by atoms with van der Waals surface area (Å²) in [4.78, 5) is 28.3. The maximum atomic E-state index is 12.6. The van der Waals surface area contributed by atoms with E-state index in [1.54, 1.807) is 0 Å². The van der Waals surface area contributed by atoms with Crippen LogP contribution in [0.15, 0.2) is 24.3 Å². The maximum Gasteiger partial charge on any atom is 0.339 e. The topological polar surface area (TPSA) is 82.3 Å². The van der Waals surface area contributed by atoms with Gasteiger partial charge in [-0.25, -0.2) is 4.79 Å². The number of fused-ring (bicyclic) bond motifs is 2. The summed E-state index contributed by atoms with van der Waals surface area (Å²) in [5.74, 6) is -1.14. The van der Waals surface area contributed by atoms with Crippen molar-refractivity contribution in [1.29, 1.82) is 0 Å². The summed E-state index contributed by atoms with van der Waals surface area (Å²) in [6.07, 6.45) is 6.14. The molecule has 0 aliphatic heterocycles. The quantitative estimate of drug-likeness (QED) is 0.883. The number of carbonyl (C=O) groups excluding carboxylic acids is 2. The minimum atomic E-state index is -0.653. The van der Waals surface area contributed by atoms with Crippen LogP contribution in [0.2, 0.25) is 0 Å². The van der Waals surface area contributed by atoms with Gasteiger partial charge in [0.2, 0.25) is 0 Å². The monoisotopic (exact) mass is 312 g/mol. The normalized spacial score (nSPS) is 14.6. The molecule has 5 heteroatoms. The Labute approximate surface area is 134 Å². The molecule has 3 rings (SSSR count). The number of hydrogen-bond acceptors (Lipinski definition) is 4. The molecule has 0 bridgehead atoms. The lowest BCUT2D eigenvalue weighted by Gasteiger charge is -2.18. The molecule has 2 aromatic rings. The van der Waals surface area contributed by atoms with E-state index in [4.69, 9.17) is 15.5 Å². The van der Waals surface area contributed by atoms with Crippen LogP contribution < -0.4 is 5.73 Å². The van der Waals surface area contributed by atoms with Gasteiger partial charge in [-0.3, -0.25) is 9.78 Å². The van der Waals surface area contributed by atoms with E-state index in [2.05, 4.69) is 0 Å². The van der Waals surface area contributed by atoms with Crippen LogP contribution in [0.4, 0.5) is 0 Å². The van der Waals surface area contributed by atoms with E-state index in [1.807, 2.05) is 24.3 Å². The zero-order valence-corrected chi connectivity index (χ0v) is 13.0. The Morgan fingerprint density at radius 1 is 1.09 bits per heavy atom. The van der Waals surface area contributed by atoms with Gasteiger partial charge in [-0.15, -0.1) is 0 Å². The van der Waals surface area contributed by atoms with Gasteiger partial charge in [0.05, 0.1) is 11.1 Å². The molecule has 0 saturated carbocycles. The molecule has 0 fully saturated rings. The van der Waals surface area contributed by atoms with Crippen LogP contribution in [0.25, 0.3) is 10.9 Å². The number of pyridine rings is 1. The van der Waals surface area contributed by atoms with Crippen LogP contribution in [-0.2, 0) is 22.4 Å². The molecule has 1 aliphatic rings. The lowest BCUT2D eigenvalue weighted by molar-refractivity contribution is -0.121. The summed E-state index contributed by atoms with van der Waals surface area (Å²) < 4.78 is 5.09. The summed E-state index contributed by atoms with van der Waals surface area (Å²) in [7, 11) is 0. The van der Waals surface area contributed by atoms with E-state index in [0.717, 1.165) is 54.3 Å². The van der Waals surface area contributed by atoms with Gasteiger partial charge < -0.3 is 10.5 Å². The molecule has 23 heavy (non-hydrogen) atoms. The molecule has 0 unspecified atom stereocenters. The first-order valence-electron chi connectivity index (χ1n) is 8.02. The third kappa shape index (κ3) is 3.33. The molecule has 1 aromatic heterocycles. The van der Waals surface area contributed by atoms with Crippen LogP contribution >= 0.6 is 0 Å². The maximum absolute atomic E-state index is 12.6. The fourth-order valence-corrected chi connectivity index (χ4v) is 3.17. The van der Waals surface area contributed by atoms with Crippen molar-refractivity contribution in [2.75, 3.05) is 6.61 Å². The van der Waals surface area contributed by atoms with Crippen LogP contribution in [-0.4, -0.2) is 23.5 Å². The standard InChI is InChI=1S/C18H20N2O3/c19-16(21)11-23-18(22)17-12-7-3-1-2-4-9-14(12)20-15-10-6-5-8-13(15)17/h5-6,8,10H,1-4,7,9,11H2,(H2,19,21). The Balaban J connectivity index is 2.13. The number of aromatic nitrogens is 1. The second kappa shape index (κ2) is 6.77. The smallest absolute Gasteiger partial charge is 0.339 e. The number of hydrogen-bond donors (Lipinski definition) is 1. The molecule has 0 radical (unpaired) electrons. The number of carbonyl (C=O) groups is 2. The summed E-state index contributed by atoms with van der Waals surface area (Å²) in [6.45, 7) is -0.399. The SMILES string of the molecule is NC(=O)COC(=O)c1c2c(nc3ccccc13)CCCCCC2. The number of esters is 1. The van der Waals surface area contributed by atoms with Crippen molar-refractivity contribution in [1.82, 2.24) is 4.98 Å². The Kier molecular flexibility index (Phi) is 4.55. The van der Waals surface area contributed by atoms with Crippen LogP contribution in [0.5, 0.6) is 0 Å². The van der Waals surface area contributed by atoms with Crippen molar-refractivity contribution in [2.45, 2.75) is 38.5 Å². The Morgan fingerprint density at radius 2 is 1.83 bits per heavy atom. The van der Waals surface area contributed by atoms with Crippen LogP contribution in [0, 0.1) is 0 Å². The van der Waals surface area contributed by atoms with E-state index < -0.39 is 18.5 Å². The molecule has 1 aliphatic carbocycles. The zero-order valence-electron chi connectivity index (χ0n) is 13.0. The van der Waals surface area contributed by atoms with Crippen molar-refractivity contribution in [3.05, 3.63) is 41.1 Å². The molecule has 0 spiro atoms. The number of amides is 1. The number of para-hydroxylation sites is 1. The number of ether oxygens (including phenoxy) is 1. The fraction of sp³-hybridized carbons (Fsp3) is 0.389. The first kappa shape index (κ1) is 15.5. The van der Waals surface area contributed by atoms with E-state index in [0.29, 0.717) is 5.56 Å². The van der Waals surface area contributed by atoms with Gasteiger partial charge >= 0.3 is 5.97 Å². The van der Waals surface area contributed by atoms with Crippen molar-refractivity contribution in [3.8, 4) is 0 Å². The zero-order chi connectivity index (χ0) is 16.2. The lowest BCUT2D eigenvalue weighted by atomic mass is 9.91. The molecule has 1 amide bonds. The Hall–Kier alpha value is -2.43.